The number of pyridine rings is 1. The zero-order chi connectivity index (χ0) is 26.0. The van der Waals surface area contributed by atoms with Crippen molar-refractivity contribution in [3.63, 3.8) is 0 Å². The van der Waals surface area contributed by atoms with Crippen LogP contribution in [0.15, 0.2) is 52.2 Å². The Morgan fingerprint density at radius 3 is 2.19 bits per heavy atom. The molecule has 0 spiro atoms. The van der Waals surface area contributed by atoms with Crippen LogP contribution in [-0.2, 0) is 14.8 Å². The van der Waals surface area contributed by atoms with Gasteiger partial charge < -0.3 is 5.32 Å². The first-order valence-electron chi connectivity index (χ1n) is 12.7. The molecule has 4 rings (SSSR count). The molecule has 1 atom stereocenters. The Morgan fingerprint density at radius 1 is 0.944 bits per heavy atom. The van der Waals surface area contributed by atoms with Crippen LogP contribution in [0.5, 0.6) is 0 Å². The molecule has 36 heavy (non-hydrogen) atoms. The number of nitrogens with zero attached hydrogens (tertiary/aromatic N) is 2. The zero-order valence-corrected chi connectivity index (χ0v) is 22.3. The van der Waals surface area contributed by atoms with Crippen LogP contribution in [0.3, 0.4) is 0 Å². The molecule has 7 nitrogen and oxygen atoms in total. The smallest absolute Gasteiger partial charge is 0.252 e. The zero-order valence-electron chi connectivity index (χ0n) is 21.5. The van der Waals surface area contributed by atoms with Crippen LogP contribution < -0.4 is 10.9 Å². The number of aryl methyl sites for hydroxylation is 3. The fraction of sp³-hybridized carbons (Fsp3) is 0.429. The standard InChI is InChI=1S/C28H35N3O4S/c1-5-25(31-26(32)18-20(3)24-17-19(2)16-21(4)27(24)31)28(33)29-22-10-12-23(13-11-22)36(34,35)30-14-8-6-7-9-15-30/h10-13,16-18,25H,5-9,14-15H2,1-4H3,(H,29,33). The SMILES string of the molecule is CCC(C(=O)Nc1ccc(S(=O)(=O)N2CCCCCC2)cc1)n1c(=O)cc(C)c2cc(C)cc(C)c21. The fourth-order valence-corrected chi connectivity index (χ4v) is 6.70. The number of benzene rings is 2. The summed E-state index contributed by atoms with van der Waals surface area (Å²) in [7, 11) is -3.56. The topological polar surface area (TPSA) is 88.5 Å². The summed E-state index contributed by atoms with van der Waals surface area (Å²) >= 11 is 0. The molecule has 2 aromatic carbocycles. The van der Waals surface area contributed by atoms with Gasteiger partial charge in [-0.2, -0.15) is 4.31 Å². The van der Waals surface area contributed by atoms with Crippen LogP contribution in [-0.4, -0.2) is 36.3 Å². The molecule has 1 N–H and O–H groups in total. The molecule has 1 amide bonds. The van der Waals surface area contributed by atoms with Gasteiger partial charge in [-0.3, -0.25) is 14.2 Å². The number of hydrogen-bond donors (Lipinski definition) is 1. The predicted molar refractivity (Wildman–Crippen MR) is 144 cm³/mol. The van der Waals surface area contributed by atoms with Crippen molar-refractivity contribution < 1.29 is 13.2 Å². The Labute approximate surface area is 213 Å². The Kier molecular flexibility index (Phi) is 7.66. The van der Waals surface area contributed by atoms with E-state index in [1.807, 2.05) is 39.8 Å². The van der Waals surface area contributed by atoms with Crippen molar-refractivity contribution >= 4 is 32.5 Å². The Balaban J connectivity index is 1.61. The van der Waals surface area contributed by atoms with E-state index >= 15 is 0 Å². The quantitative estimate of drug-likeness (QED) is 0.502. The van der Waals surface area contributed by atoms with E-state index in [2.05, 4.69) is 5.32 Å². The van der Waals surface area contributed by atoms with E-state index < -0.39 is 16.1 Å². The van der Waals surface area contributed by atoms with E-state index in [1.54, 1.807) is 27.1 Å². The molecule has 1 unspecified atom stereocenters. The third kappa shape index (κ3) is 5.11. The summed E-state index contributed by atoms with van der Waals surface area (Å²) < 4.78 is 29.3. The molecule has 0 bridgehead atoms. The number of anilines is 1. The molecule has 1 aromatic heterocycles. The van der Waals surface area contributed by atoms with Gasteiger partial charge in [0.15, 0.2) is 0 Å². The molecule has 3 aromatic rings. The largest absolute Gasteiger partial charge is 0.324 e. The molecule has 1 saturated heterocycles. The number of carbonyl (C=O) groups excluding carboxylic acids is 1. The molecule has 2 heterocycles. The van der Waals surface area contributed by atoms with Crippen LogP contribution in [0.2, 0.25) is 0 Å². The summed E-state index contributed by atoms with van der Waals surface area (Å²) in [6, 6.07) is 11.2. The van der Waals surface area contributed by atoms with Gasteiger partial charge in [0, 0.05) is 30.2 Å². The summed E-state index contributed by atoms with van der Waals surface area (Å²) in [5, 5.41) is 3.85. The highest BCUT2D eigenvalue weighted by molar-refractivity contribution is 7.89. The van der Waals surface area contributed by atoms with Crippen molar-refractivity contribution in [2.24, 2.45) is 0 Å². The second-order valence-corrected chi connectivity index (χ2v) is 11.7. The van der Waals surface area contributed by atoms with Gasteiger partial charge in [0.05, 0.1) is 10.4 Å². The molecule has 1 fully saturated rings. The van der Waals surface area contributed by atoms with E-state index in [0.717, 1.165) is 53.3 Å². The second kappa shape index (κ2) is 10.6. The number of rotatable bonds is 6. The van der Waals surface area contributed by atoms with E-state index in [1.165, 1.54) is 12.1 Å². The van der Waals surface area contributed by atoms with Crippen LogP contribution in [0, 0.1) is 20.8 Å². The van der Waals surface area contributed by atoms with Crippen LogP contribution in [0.4, 0.5) is 5.69 Å². The summed E-state index contributed by atoms with van der Waals surface area (Å²) in [4.78, 5) is 26.7. The van der Waals surface area contributed by atoms with Crippen molar-refractivity contribution in [1.82, 2.24) is 8.87 Å². The number of nitrogens with one attached hydrogen (secondary N) is 1. The average molecular weight is 510 g/mol. The number of aromatic nitrogens is 1. The lowest BCUT2D eigenvalue weighted by Gasteiger charge is -2.23. The molecular weight excluding hydrogens is 474 g/mol. The highest BCUT2D eigenvalue weighted by Crippen LogP contribution is 2.27. The highest BCUT2D eigenvalue weighted by atomic mass is 32.2. The minimum Gasteiger partial charge on any atom is -0.324 e. The van der Waals surface area contributed by atoms with Crippen LogP contribution in [0.1, 0.15) is 61.8 Å². The van der Waals surface area contributed by atoms with Gasteiger partial charge in [-0.25, -0.2) is 8.42 Å². The molecular formula is C28H35N3O4S. The van der Waals surface area contributed by atoms with Crippen LogP contribution in [0.25, 0.3) is 10.9 Å². The summed E-state index contributed by atoms with van der Waals surface area (Å²) in [6.45, 7) is 8.84. The third-order valence-electron chi connectivity index (χ3n) is 7.01. The second-order valence-electron chi connectivity index (χ2n) is 9.77. The fourth-order valence-electron chi connectivity index (χ4n) is 5.18. The number of amides is 1. The Bertz CT molecular complexity index is 1430. The normalized spacial score (nSPS) is 16.0. The van der Waals surface area contributed by atoms with Crippen molar-refractivity contribution in [3.05, 3.63) is 69.5 Å². The molecule has 192 valence electrons. The van der Waals surface area contributed by atoms with Crippen molar-refractivity contribution in [1.29, 1.82) is 0 Å². The first-order valence-corrected chi connectivity index (χ1v) is 14.1. The molecule has 0 radical (unpaired) electrons. The lowest BCUT2D eigenvalue weighted by atomic mass is 10.0. The monoisotopic (exact) mass is 509 g/mol. The van der Waals surface area contributed by atoms with E-state index in [-0.39, 0.29) is 16.4 Å². The third-order valence-corrected chi connectivity index (χ3v) is 8.93. The van der Waals surface area contributed by atoms with Gasteiger partial charge >= 0.3 is 0 Å². The molecule has 8 heteroatoms. The predicted octanol–water partition coefficient (Wildman–Crippen LogP) is 5.08. The van der Waals surface area contributed by atoms with Gasteiger partial charge in [-0.15, -0.1) is 0 Å². The minimum absolute atomic E-state index is 0.215. The summed E-state index contributed by atoms with van der Waals surface area (Å²) in [5.41, 5.74) is 3.97. The van der Waals surface area contributed by atoms with E-state index in [0.29, 0.717) is 25.2 Å². The van der Waals surface area contributed by atoms with E-state index in [4.69, 9.17) is 0 Å². The number of carbonyl (C=O) groups is 1. The Hall–Kier alpha value is -2.97. The number of hydrogen-bond acceptors (Lipinski definition) is 4. The maximum Gasteiger partial charge on any atom is 0.252 e. The number of fused-ring (bicyclic) bond motifs is 1. The lowest BCUT2D eigenvalue weighted by Crippen LogP contribution is -2.33. The van der Waals surface area contributed by atoms with Crippen molar-refractivity contribution in [3.8, 4) is 0 Å². The lowest BCUT2D eigenvalue weighted by molar-refractivity contribution is -0.119. The minimum atomic E-state index is -3.56. The molecule has 1 aliphatic heterocycles. The first-order chi connectivity index (χ1) is 17.1. The first kappa shape index (κ1) is 26.1. The summed E-state index contributed by atoms with van der Waals surface area (Å²) in [6.07, 6.45) is 4.27. The number of sulfonamides is 1. The summed E-state index contributed by atoms with van der Waals surface area (Å²) in [5.74, 6) is -0.312. The molecule has 1 aliphatic rings. The van der Waals surface area contributed by atoms with Gasteiger partial charge in [0.25, 0.3) is 5.56 Å². The van der Waals surface area contributed by atoms with Gasteiger partial charge in [-0.05, 0) is 81.5 Å². The molecule has 0 saturated carbocycles. The van der Waals surface area contributed by atoms with Gasteiger partial charge in [-0.1, -0.05) is 31.4 Å². The van der Waals surface area contributed by atoms with Crippen molar-refractivity contribution in [2.75, 3.05) is 18.4 Å². The van der Waals surface area contributed by atoms with Crippen LogP contribution >= 0.6 is 0 Å². The van der Waals surface area contributed by atoms with Gasteiger partial charge in [0.2, 0.25) is 15.9 Å². The maximum absolute atomic E-state index is 13.4. The maximum atomic E-state index is 13.4. The average Bonchev–Trinajstić information content (AvgIpc) is 3.12. The Morgan fingerprint density at radius 2 is 1.58 bits per heavy atom. The van der Waals surface area contributed by atoms with E-state index in [9.17, 15) is 18.0 Å². The van der Waals surface area contributed by atoms with Crippen molar-refractivity contribution in [2.45, 2.75) is 70.7 Å². The highest BCUT2D eigenvalue weighted by Gasteiger charge is 2.26. The molecule has 0 aliphatic carbocycles. The van der Waals surface area contributed by atoms with Gasteiger partial charge in [0.1, 0.15) is 6.04 Å².